The maximum atomic E-state index is 12.3. The molecular formula is C18H19BrN2OS2. The summed E-state index contributed by atoms with van der Waals surface area (Å²) < 4.78 is 1.06. The lowest BCUT2D eigenvalue weighted by Gasteiger charge is -2.25. The molecule has 0 N–H and O–H groups in total. The van der Waals surface area contributed by atoms with Crippen molar-refractivity contribution in [2.45, 2.75) is 11.8 Å². The second-order valence-electron chi connectivity index (χ2n) is 5.57. The van der Waals surface area contributed by atoms with E-state index in [9.17, 15) is 4.79 Å². The SMILES string of the molecule is CSCCCN1C(=O)CSC1c1cnccc1-c1ccc(Br)cc1. The number of halogens is 1. The Labute approximate surface area is 159 Å². The summed E-state index contributed by atoms with van der Waals surface area (Å²) in [5.41, 5.74) is 3.43. The van der Waals surface area contributed by atoms with Crippen LogP contribution in [0.3, 0.4) is 0 Å². The van der Waals surface area contributed by atoms with Crippen LogP contribution < -0.4 is 0 Å². The third-order valence-electron chi connectivity index (χ3n) is 3.99. The molecular weight excluding hydrogens is 404 g/mol. The number of carbonyl (C=O) groups excluding carboxylic acids is 1. The Morgan fingerprint density at radius 3 is 2.88 bits per heavy atom. The number of amides is 1. The van der Waals surface area contributed by atoms with Gasteiger partial charge in [0.2, 0.25) is 5.91 Å². The summed E-state index contributed by atoms with van der Waals surface area (Å²) >= 11 is 7.01. The van der Waals surface area contributed by atoms with E-state index in [-0.39, 0.29) is 11.3 Å². The fourth-order valence-electron chi connectivity index (χ4n) is 2.83. The first-order chi connectivity index (χ1) is 11.7. The standard InChI is InChI=1S/C18H19BrN2OS2/c1-23-10-2-9-21-17(22)12-24-18(21)16-11-20-8-7-15(16)13-3-5-14(19)6-4-13/h3-8,11,18H,2,9-10,12H2,1H3. The van der Waals surface area contributed by atoms with Gasteiger partial charge in [-0.15, -0.1) is 11.8 Å². The number of hydrogen-bond donors (Lipinski definition) is 0. The molecule has 6 heteroatoms. The van der Waals surface area contributed by atoms with Crippen molar-refractivity contribution in [1.82, 2.24) is 9.88 Å². The highest BCUT2D eigenvalue weighted by molar-refractivity contribution is 9.10. The first-order valence-corrected chi connectivity index (χ1v) is 11.0. The van der Waals surface area contributed by atoms with Gasteiger partial charge in [0.05, 0.1) is 5.75 Å². The van der Waals surface area contributed by atoms with Crippen LogP contribution in [0.25, 0.3) is 11.1 Å². The molecule has 24 heavy (non-hydrogen) atoms. The number of benzene rings is 1. The molecule has 0 aliphatic carbocycles. The summed E-state index contributed by atoms with van der Waals surface area (Å²) in [6.45, 7) is 0.812. The van der Waals surface area contributed by atoms with E-state index in [0.29, 0.717) is 5.75 Å². The number of rotatable bonds is 6. The summed E-state index contributed by atoms with van der Waals surface area (Å²) in [6, 6.07) is 10.3. The van der Waals surface area contributed by atoms with E-state index in [1.54, 1.807) is 11.8 Å². The van der Waals surface area contributed by atoms with Gasteiger partial charge in [0.25, 0.3) is 0 Å². The van der Waals surface area contributed by atoms with Crippen LogP contribution in [0.4, 0.5) is 0 Å². The molecule has 1 aliphatic heterocycles. The minimum absolute atomic E-state index is 0.0618. The van der Waals surface area contributed by atoms with Crippen molar-refractivity contribution in [2.75, 3.05) is 24.3 Å². The number of aromatic nitrogens is 1. The molecule has 0 saturated carbocycles. The molecule has 2 aromatic rings. The van der Waals surface area contributed by atoms with Gasteiger partial charge < -0.3 is 4.90 Å². The monoisotopic (exact) mass is 422 g/mol. The predicted molar refractivity (Wildman–Crippen MR) is 107 cm³/mol. The Kier molecular flexibility index (Phi) is 6.25. The Morgan fingerprint density at radius 1 is 1.33 bits per heavy atom. The average Bonchev–Trinajstić information content (AvgIpc) is 2.97. The molecule has 1 amide bonds. The largest absolute Gasteiger partial charge is 0.326 e. The molecule has 0 radical (unpaired) electrons. The van der Waals surface area contributed by atoms with Gasteiger partial charge in [-0.1, -0.05) is 28.1 Å². The van der Waals surface area contributed by atoms with Crippen LogP contribution in [0.5, 0.6) is 0 Å². The molecule has 1 saturated heterocycles. The molecule has 1 aliphatic rings. The van der Waals surface area contributed by atoms with Gasteiger partial charge in [0.15, 0.2) is 0 Å². The van der Waals surface area contributed by atoms with Crippen LogP contribution in [0.2, 0.25) is 0 Å². The summed E-state index contributed by atoms with van der Waals surface area (Å²) in [7, 11) is 0. The molecule has 0 spiro atoms. The molecule has 1 aromatic carbocycles. The van der Waals surface area contributed by atoms with Crippen LogP contribution >= 0.6 is 39.5 Å². The van der Waals surface area contributed by atoms with E-state index in [1.165, 1.54) is 0 Å². The van der Waals surface area contributed by atoms with Crippen molar-refractivity contribution < 1.29 is 4.79 Å². The highest BCUT2D eigenvalue weighted by atomic mass is 79.9. The summed E-state index contributed by atoms with van der Waals surface area (Å²) in [5, 5.41) is 0.0618. The number of nitrogens with zero attached hydrogens (tertiary/aromatic N) is 2. The Hall–Kier alpha value is -0.980. The van der Waals surface area contributed by atoms with E-state index in [2.05, 4.69) is 39.3 Å². The first-order valence-electron chi connectivity index (χ1n) is 7.80. The van der Waals surface area contributed by atoms with Crippen LogP contribution in [0.15, 0.2) is 47.2 Å². The second kappa shape index (κ2) is 8.41. The molecule has 126 valence electrons. The predicted octanol–water partition coefficient (Wildman–Crippen LogP) is 4.84. The minimum atomic E-state index is 0.0618. The zero-order chi connectivity index (χ0) is 16.9. The maximum absolute atomic E-state index is 12.3. The van der Waals surface area contributed by atoms with Gasteiger partial charge in [0, 0.05) is 29.0 Å². The third kappa shape index (κ3) is 3.98. The van der Waals surface area contributed by atoms with Crippen LogP contribution in [0.1, 0.15) is 17.4 Å². The number of thioether (sulfide) groups is 2. The van der Waals surface area contributed by atoms with Crippen LogP contribution in [-0.2, 0) is 4.79 Å². The lowest BCUT2D eigenvalue weighted by molar-refractivity contribution is -0.128. The Balaban J connectivity index is 1.91. The smallest absolute Gasteiger partial charge is 0.233 e. The van der Waals surface area contributed by atoms with E-state index in [0.717, 1.165) is 39.9 Å². The second-order valence-corrected chi connectivity index (χ2v) is 8.54. The van der Waals surface area contributed by atoms with Crippen molar-refractivity contribution in [3.8, 4) is 11.1 Å². The number of hydrogen-bond acceptors (Lipinski definition) is 4. The topological polar surface area (TPSA) is 33.2 Å². The lowest BCUT2D eigenvalue weighted by atomic mass is 10.0. The zero-order valence-corrected chi connectivity index (χ0v) is 16.7. The van der Waals surface area contributed by atoms with Gasteiger partial charge in [-0.2, -0.15) is 11.8 Å². The summed E-state index contributed by atoms with van der Waals surface area (Å²) in [4.78, 5) is 18.7. The van der Waals surface area contributed by atoms with Gasteiger partial charge in [-0.25, -0.2) is 0 Å². The van der Waals surface area contributed by atoms with Gasteiger partial charge in [-0.05, 0) is 47.8 Å². The Morgan fingerprint density at radius 2 is 2.12 bits per heavy atom. The van der Waals surface area contributed by atoms with E-state index in [4.69, 9.17) is 0 Å². The molecule has 1 fully saturated rings. The highest BCUT2D eigenvalue weighted by Gasteiger charge is 2.33. The number of carbonyl (C=O) groups is 1. The van der Waals surface area contributed by atoms with E-state index < -0.39 is 0 Å². The summed E-state index contributed by atoms with van der Waals surface area (Å²) in [5.74, 6) is 1.86. The van der Waals surface area contributed by atoms with E-state index in [1.807, 2.05) is 47.3 Å². The zero-order valence-electron chi connectivity index (χ0n) is 13.4. The molecule has 3 nitrogen and oxygen atoms in total. The Bertz CT molecular complexity index is 708. The van der Waals surface area contributed by atoms with Gasteiger partial charge in [-0.3, -0.25) is 9.78 Å². The lowest BCUT2D eigenvalue weighted by Crippen LogP contribution is -2.29. The fourth-order valence-corrected chi connectivity index (χ4v) is 4.75. The average molecular weight is 423 g/mol. The molecule has 0 bridgehead atoms. The van der Waals surface area contributed by atoms with Crippen molar-refractivity contribution in [3.63, 3.8) is 0 Å². The van der Waals surface area contributed by atoms with Gasteiger partial charge in [0.1, 0.15) is 5.37 Å². The maximum Gasteiger partial charge on any atom is 0.233 e. The molecule has 2 heterocycles. The van der Waals surface area contributed by atoms with Crippen LogP contribution in [-0.4, -0.2) is 40.1 Å². The first kappa shape index (κ1) is 17.8. The van der Waals surface area contributed by atoms with Gasteiger partial charge >= 0.3 is 0 Å². The molecule has 1 unspecified atom stereocenters. The van der Waals surface area contributed by atoms with Crippen molar-refractivity contribution in [3.05, 3.63) is 52.8 Å². The normalized spacial score (nSPS) is 17.5. The van der Waals surface area contributed by atoms with Crippen molar-refractivity contribution in [1.29, 1.82) is 0 Å². The highest BCUT2D eigenvalue weighted by Crippen LogP contribution is 2.42. The molecule has 1 aromatic heterocycles. The fraction of sp³-hybridized carbons (Fsp3) is 0.333. The number of pyridine rings is 1. The van der Waals surface area contributed by atoms with Crippen molar-refractivity contribution >= 4 is 45.4 Å². The van der Waals surface area contributed by atoms with E-state index >= 15 is 0 Å². The minimum Gasteiger partial charge on any atom is -0.326 e. The molecule has 3 rings (SSSR count). The quantitative estimate of drug-likeness (QED) is 0.623. The third-order valence-corrected chi connectivity index (χ3v) is 6.45. The summed E-state index contributed by atoms with van der Waals surface area (Å²) in [6.07, 6.45) is 6.86. The molecule has 1 atom stereocenters. The van der Waals surface area contributed by atoms with Crippen LogP contribution in [0, 0.1) is 0 Å². The van der Waals surface area contributed by atoms with Crippen molar-refractivity contribution in [2.24, 2.45) is 0 Å².